The van der Waals surface area contributed by atoms with E-state index in [1.165, 1.54) is 0 Å². The molecule has 0 radical (unpaired) electrons. The molecule has 0 fully saturated rings. The van der Waals surface area contributed by atoms with Crippen molar-refractivity contribution in [2.45, 2.75) is 13.3 Å². The highest BCUT2D eigenvalue weighted by Gasteiger charge is 1.87. The summed E-state index contributed by atoms with van der Waals surface area (Å²) in [5, 5.41) is 8.15. The topological polar surface area (TPSA) is 37.3 Å². The lowest BCUT2D eigenvalue weighted by molar-refractivity contribution is -0.135. The molecule has 2 heteroatoms. The summed E-state index contributed by atoms with van der Waals surface area (Å²) in [5.41, 5.74) is 0.872. The predicted molar refractivity (Wildman–Crippen MR) is 36.2 cm³/mol. The maximum atomic E-state index is 9.90. The molecule has 0 rings (SSSR count). The normalized spacial score (nSPS) is 9.89. The first-order valence-electron chi connectivity index (χ1n) is 2.67. The van der Waals surface area contributed by atoms with Crippen molar-refractivity contribution >= 4 is 5.97 Å². The van der Waals surface area contributed by atoms with Gasteiger partial charge in [-0.25, -0.2) is 0 Å². The van der Waals surface area contributed by atoms with Gasteiger partial charge in [-0.15, -0.1) is 0 Å². The SMILES string of the molecule is C=C(C)C=CCC(=O)O. The Bertz CT molecular complexity index is 145. The molecule has 0 bridgehead atoms. The molecule has 50 valence electrons. The highest BCUT2D eigenvalue weighted by molar-refractivity contribution is 5.68. The summed E-state index contributed by atoms with van der Waals surface area (Å²) in [6.07, 6.45) is 3.34. The number of hydrogen-bond acceptors (Lipinski definition) is 1. The Kier molecular flexibility index (Phi) is 3.44. The Balaban J connectivity index is 3.48. The van der Waals surface area contributed by atoms with E-state index in [-0.39, 0.29) is 6.42 Å². The van der Waals surface area contributed by atoms with E-state index in [4.69, 9.17) is 5.11 Å². The van der Waals surface area contributed by atoms with E-state index in [1.54, 1.807) is 12.2 Å². The lowest BCUT2D eigenvalue weighted by Gasteiger charge is -1.83. The molecular weight excluding hydrogens is 116 g/mol. The van der Waals surface area contributed by atoms with Crippen LogP contribution in [-0.4, -0.2) is 11.1 Å². The van der Waals surface area contributed by atoms with Crippen LogP contribution in [0.5, 0.6) is 0 Å². The summed E-state index contributed by atoms with van der Waals surface area (Å²) >= 11 is 0. The third kappa shape index (κ3) is 6.95. The highest BCUT2D eigenvalue weighted by atomic mass is 16.4. The molecule has 0 atom stereocenters. The number of rotatable bonds is 3. The Labute approximate surface area is 54.5 Å². The summed E-state index contributed by atoms with van der Waals surface area (Å²) in [6.45, 7) is 5.39. The predicted octanol–water partition coefficient (Wildman–Crippen LogP) is 1.59. The number of allylic oxidation sites excluding steroid dienone is 2. The monoisotopic (exact) mass is 126 g/mol. The molecule has 0 unspecified atom stereocenters. The van der Waals surface area contributed by atoms with Gasteiger partial charge in [-0.3, -0.25) is 4.79 Å². The number of carboxylic acids is 1. The molecule has 1 N–H and O–H groups in total. The van der Waals surface area contributed by atoms with Crippen molar-refractivity contribution in [3.8, 4) is 0 Å². The third-order valence-electron chi connectivity index (χ3n) is 0.695. The average molecular weight is 126 g/mol. The fraction of sp³-hybridized carbons (Fsp3) is 0.286. The van der Waals surface area contributed by atoms with E-state index in [1.807, 2.05) is 6.92 Å². The zero-order valence-electron chi connectivity index (χ0n) is 5.42. The maximum Gasteiger partial charge on any atom is 0.307 e. The summed E-state index contributed by atoms with van der Waals surface area (Å²) < 4.78 is 0. The molecule has 0 aromatic carbocycles. The standard InChI is InChI=1S/C7H10O2/c1-6(2)4-3-5-7(8)9/h3-4H,1,5H2,2H3,(H,8,9). The molecule has 0 aromatic heterocycles. The molecule has 0 heterocycles. The molecule has 9 heavy (non-hydrogen) atoms. The number of aliphatic carboxylic acids is 1. The van der Waals surface area contributed by atoms with E-state index in [0.717, 1.165) is 5.57 Å². The van der Waals surface area contributed by atoms with Gasteiger partial charge >= 0.3 is 5.97 Å². The van der Waals surface area contributed by atoms with Gasteiger partial charge in [-0.1, -0.05) is 24.3 Å². The lowest BCUT2D eigenvalue weighted by Crippen LogP contribution is -1.89. The van der Waals surface area contributed by atoms with Crippen LogP contribution in [0.25, 0.3) is 0 Å². The van der Waals surface area contributed by atoms with Gasteiger partial charge < -0.3 is 5.11 Å². The van der Waals surface area contributed by atoms with E-state index >= 15 is 0 Å². The minimum Gasteiger partial charge on any atom is -0.481 e. The van der Waals surface area contributed by atoms with Gasteiger partial charge in [0, 0.05) is 0 Å². The van der Waals surface area contributed by atoms with E-state index in [0.29, 0.717) is 0 Å². The van der Waals surface area contributed by atoms with Crippen LogP contribution in [0.1, 0.15) is 13.3 Å². The zero-order chi connectivity index (χ0) is 7.28. The van der Waals surface area contributed by atoms with Crippen molar-refractivity contribution in [3.05, 3.63) is 24.3 Å². The molecule has 0 aliphatic carbocycles. The zero-order valence-corrected chi connectivity index (χ0v) is 5.42. The van der Waals surface area contributed by atoms with Gasteiger partial charge in [0.15, 0.2) is 0 Å². The van der Waals surface area contributed by atoms with Gasteiger partial charge in [-0.2, -0.15) is 0 Å². The quantitative estimate of drug-likeness (QED) is 0.583. The molecule has 0 aliphatic heterocycles. The van der Waals surface area contributed by atoms with Crippen LogP contribution < -0.4 is 0 Å². The molecule has 0 spiro atoms. The molecule has 2 nitrogen and oxygen atoms in total. The van der Waals surface area contributed by atoms with Crippen LogP contribution in [0.3, 0.4) is 0 Å². The second-order valence-electron chi connectivity index (χ2n) is 1.85. The Hall–Kier alpha value is -1.05. The van der Waals surface area contributed by atoms with Crippen molar-refractivity contribution in [2.75, 3.05) is 0 Å². The first-order chi connectivity index (χ1) is 4.13. The van der Waals surface area contributed by atoms with Gasteiger partial charge in [0.1, 0.15) is 0 Å². The van der Waals surface area contributed by atoms with Crippen LogP contribution in [0.2, 0.25) is 0 Å². The van der Waals surface area contributed by atoms with Crippen molar-refractivity contribution in [3.63, 3.8) is 0 Å². The Morgan fingerprint density at radius 3 is 2.67 bits per heavy atom. The smallest absolute Gasteiger partial charge is 0.307 e. The summed E-state index contributed by atoms with van der Waals surface area (Å²) in [5.74, 6) is -0.812. The summed E-state index contributed by atoms with van der Waals surface area (Å²) in [6, 6.07) is 0. The minimum atomic E-state index is -0.812. The Morgan fingerprint density at radius 2 is 2.33 bits per heavy atom. The first kappa shape index (κ1) is 7.95. The van der Waals surface area contributed by atoms with Crippen LogP contribution >= 0.6 is 0 Å². The lowest BCUT2D eigenvalue weighted by atomic mass is 10.3. The molecule has 0 aromatic rings. The Morgan fingerprint density at radius 1 is 1.78 bits per heavy atom. The maximum absolute atomic E-state index is 9.90. The van der Waals surface area contributed by atoms with E-state index in [2.05, 4.69) is 6.58 Å². The number of hydrogen-bond donors (Lipinski definition) is 1. The second-order valence-corrected chi connectivity index (χ2v) is 1.85. The fourth-order valence-corrected chi connectivity index (χ4v) is 0.361. The summed E-state index contributed by atoms with van der Waals surface area (Å²) in [7, 11) is 0. The van der Waals surface area contributed by atoms with Crippen molar-refractivity contribution < 1.29 is 9.90 Å². The van der Waals surface area contributed by atoms with Crippen LogP contribution in [0.4, 0.5) is 0 Å². The first-order valence-corrected chi connectivity index (χ1v) is 2.67. The molecule has 0 saturated carbocycles. The molecular formula is C7H10O2. The van der Waals surface area contributed by atoms with E-state index < -0.39 is 5.97 Å². The van der Waals surface area contributed by atoms with Gasteiger partial charge in [0.05, 0.1) is 6.42 Å². The van der Waals surface area contributed by atoms with Crippen molar-refractivity contribution in [2.24, 2.45) is 0 Å². The fourth-order valence-electron chi connectivity index (χ4n) is 0.361. The number of carboxylic acid groups (broad SMARTS) is 1. The van der Waals surface area contributed by atoms with Gasteiger partial charge in [0.25, 0.3) is 0 Å². The van der Waals surface area contributed by atoms with Crippen LogP contribution in [0, 0.1) is 0 Å². The van der Waals surface area contributed by atoms with Gasteiger partial charge in [-0.05, 0) is 6.92 Å². The highest BCUT2D eigenvalue weighted by Crippen LogP contribution is 1.90. The van der Waals surface area contributed by atoms with Crippen LogP contribution in [0.15, 0.2) is 24.3 Å². The van der Waals surface area contributed by atoms with Crippen LogP contribution in [-0.2, 0) is 4.79 Å². The molecule has 0 amide bonds. The minimum absolute atomic E-state index is 0.0762. The van der Waals surface area contributed by atoms with E-state index in [9.17, 15) is 4.79 Å². The largest absolute Gasteiger partial charge is 0.481 e. The van der Waals surface area contributed by atoms with Gasteiger partial charge in [0.2, 0.25) is 0 Å². The average Bonchev–Trinajstić information content (AvgIpc) is 1.63. The summed E-state index contributed by atoms with van der Waals surface area (Å²) in [4.78, 5) is 9.90. The molecule has 0 aliphatic rings. The molecule has 0 saturated heterocycles. The second kappa shape index (κ2) is 3.89. The van der Waals surface area contributed by atoms with Crippen molar-refractivity contribution in [1.29, 1.82) is 0 Å². The van der Waals surface area contributed by atoms with Crippen molar-refractivity contribution in [1.82, 2.24) is 0 Å². The number of carbonyl (C=O) groups is 1. The third-order valence-corrected chi connectivity index (χ3v) is 0.695.